The average Bonchev–Trinajstić information content (AvgIpc) is 2.36. The zero-order valence-electron chi connectivity index (χ0n) is 11.6. The molecule has 0 fully saturated rings. The summed E-state index contributed by atoms with van der Waals surface area (Å²) in [7, 11) is 4.21. The number of rotatable bonds is 4. The first-order chi connectivity index (χ1) is 8.50. The number of hydrogen-bond donors (Lipinski definition) is 1. The Balaban J connectivity index is 2.22. The van der Waals surface area contributed by atoms with Gasteiger partial charge in [0.25, 0.3) is 0 Å². The molecule has 96 valence electrons. The molecule has 0 unspecified atom stereocenters. The minimum atomic E-state index is 0.115. The lowest BCUT2D eigenvalue weighted by Gasteiger charge is -2.33. The number of para-hydroxylation sites is 1. The van der Waals surface area contributed by atoms with E-state index in [1.807, 2.05) is 30.5 Å². The molecule has 1 aromatic heterocycles. The smallest absolute Gasteiger partial charge is 0.0722 e. The molecule has 3 nitrogen and oxygen atoms in total. The lowest BCUT2D eigenvalue weighted by atomic mass is 10.0. The highest BCUT2D eigenvalue weighted by Gasteiger charge is 2.20. The van der Waals surface area contributed by atoms with E-state index < -0.39 is 0 Å². The number of hydrogen-bond acceptors (Lipinski definition) is 3. The largest absolute Gasteiger partial charge is 0.383 e. The van der Waals surface area contributed by atoms with Gasteiger partial charge in [-0.15, -0.1) is 0 Å². The van der Waals surface area contributed by atoms with Crippen molar-refractivity contribution in [3.05, 3.63) is 36.5 Å². The Morgan fingerprint density at radius 2 is 1.89 bits per heavy atom. The fourth-order valence-electron chi connectivity index (χ4n) is 1.72. The van der Waals surface area contributed by atoms with E-state index in [1.165, 1.54) is 5.39 Å². The van der Waals surface area contributed by atoms with Crippen LogP contribution >= 0.6 is 0 Å². The normalized spacial score (nSPS) is 12.1. The van der Waals surface area contributed by atoms with Gasteiger partial charge < -0.3 is 10.2 Å². The van der Waals surface area contributed by atoms with Gasteiger partial charge in [0.2, 0.25) is 0 Å². The van der Waals surface area contributed by atoms with Crippen molar-refractivity contribution in [1.82, 2.24) is 9.88 Å². The molecule has 0 atom stereocenters. The summed E-state index contributed by atoms with van der Waals surface area (Å²) >= 11 is 0. The number of benzene rings is 1. The molecule has 1 heterocycles. The molecule has 0 radical (unpaired) electrons. The number of fused-ring (bicyclic) bond motifs is 1. The Hall–Kier alpha value is -1.61. The van der Waals surface area contributed by atoms with Crippen molar-refractivity contribution >= 4 is 16.6 Å². The lowest BCUT2D eigenvalue weighted by Crippen LogP contribution is -2.44. The first kappa shape index (κ1) is 12.8. The van der Waals surface area contributed by atoms with Gasteiger partial charge in [-0.2, -0.15) is 0 Å². The van der Waals surface area contributed by atoms with Crippen LogP contribution in [0.25, 0.3) is 10.9 Å². The fraction of sp³-hybridized carbons (Fsp3) is 0.400. The van der Waals surface area contributed by atoms with Crippen LogP contribution in [0.2, 0.25) is 0 Å². The molecule has 2 rings (SSSR count). The summed E-state index contributed by atoms with van der Waals surface area (Å²) < 4.78 is 0. The van der Waals surface area contributed by atoms with Crippen LogP contribution in [0.5, 0.6) is 0 Å². The van der Waals surface area contributed by atoms with E-state index in [0.29, 0.717) is 0 Å². The molecule has 2 aromatic rings. The summed E-state index contributed by atoms with van der Waals surface area (Å²) in [5.74, 6) is 0. The monoisotopic (exact) mass is 243 g/mol. The number of anilines is 1. The minimum Gasteiger partial charge on any atom is -0.383 e. The van der Waals surface area contributed by atoms with Crippen LogP contribution < -0.4 is 5.32 Å². The SMILES string of the molecule is CN(C)C(C)(C)CNc1ccnc2ccccc12. The molecule has 0 spiro atoms. The van der Waals surface area contributed by atoms with Gasteiger partial charge in [-0.05, 0) is 40.1 Å². The third-order valence-electron chi connectivity index (χ3n) is 3.57. The van der Waals surface area contributed by atoms with Crippen molar-refractivity contribution in [3.8, 4) is 0 Å². The molecule has 0 bridgehead atoms. The quantitative estimate of drug-likeness (QED) is 0.894. The number of nitrogens with one attached hydrogen (secondary N) is 1. The summed E-state index contributed by atoms with van der Waals surface area (Å²) in [6.07, 6.45) is 1.85. The highest BCUT2D eigenvalue weighted by Crippen LogP contribution is 2.22. The second kappa shape index (κ2) is 4.94. The molecule has 18 heavy (non-hydrogen) atoms. The Morgan fingerprint density at radius 3 is 2.61 bits per heavy atom. The molecular formula is C15H21N3. The fourth-order valence-corrected chi connectivity index (χ4v) is 1.72. The Kier molecular flexibility index (Phi) is 3.53. The third-order valence-corrected chi connectivity index (χ3v) is 3.57. The van der Waals surface area contributed by atoms with Gasteiger partial charge in [0.1, 0.15) is 0 Å². The standard InChI is InChI=1S/C15H21N3/c1-15(2,18(3)4)11-17-14-9-10-16-13-8-6-5-7-12(13)14/h5-10H,11H2,1-4H3,(H,16,17). The van der Waals surface area contributed by atoms with Gasteiger partial charge >= 0.3 is 0 Å². The van der Waals surface area contributed by atoms with E-state index >= 15 is 0 Å². The summed E-state index contributed by atoms with van der Waals surface area (Å²) in [6.45, 7) is 5.35. The van der Waals surface area contributed by atoms with Crippen LogP contribution in [-0.2, 0) is 0 Å². The minimum absolute atomic E-state index is 0.115. The van der Waals surface area contributed by atoms with Crippen molar-refractivity contribution in [1.29, 1.82) is 0 Å². The average molecular weight is 243 g/mol. The molecule has 0 aliphatic rings. The van der Waals surface area contributed by atoms with E-state index in [1.54, 1.807) is 0 Å². The van der Waals surface area contributed by atoms with Crippen molar-refractivity contribution in [3.63, 3.8) is 0 Å². The number of aromatic nitrogens is 1. The van der Waals surface area contributed by atoms with E-state index in [2.05, 4.69) is 49.2 Å². The van der Waals surface area contributed by atoms with Gasteiger partial charge in [-0.1, -0.05) is 18.2 Å². The maximum atomic E-state index is 4.37. The molecule has 0 amide bonds. The second-order valence-electron chi connectivity index (χ2n) is 5.44. The van der Waals surface area contributed by atoms with Gasteiger partial charge in [-0.25, -0.2) is 0 Å². The van der Waals surface area contributed by atoms with Crippen molar-refractivity contribution in [2.75, 3.05) is 26.0 Å². The van der Waals surface area contributed by atoms with E-state index in [-0.39, 0.29) is 5.54 Å². The number of nitrogens with zero attached hydrogens (tertiary/aromatic N) is 2. The van der Waals surface area contributed by atoms with Crippen LogP contribution in [-0.4, -0.2) is 36.1 Å². The Labute approximate surface area is 109 Å². The zero-order chi connectivity index (χ0) is 13.2. The summed E-state index contributed by atoms with van der Waals surface area (Å²) in [6, 6.07) is 10.2. The van der Waals surface area contributed by atoms with E-state index in [9.17, 15) is 0 Å². The Bertz CT molecular complexity index is 527. The third kappa shape index (κ3) is 2.62. The molecular weight excluding hydrogens is 222 g/mol. The number of likely N-dealkylation sites (N-methyl/N-ethyl adjacent to an activating group) is 1. The molecule has 0 aliphatic heterocycles. The van der Waals surface area contributed by atoms with Gasteiger partial charge in [0, 0.05) is 29.4 Å². The van der Waals surface area contributed by atoms with Gasteiger partial charge in [0.05, 0.1) is 5.52 Å². The van der Waals surface area contributed by atoms with Crippen molar-refractivity contribution < 1.29 is 0 Å². The highest BCUT2D eigenvalue weighted by atomic mass is 15.2. The van der Waals surface area contributed by atoms with Crippen LogP contribution in [0.3, 0.4) is 0 Å². The Morgan fingerprint density at radius 1 is 1.17 bits per heavy atom. The number of pyridine rings is 1. The molecule has 1 N–H and O–H groups in total. The summed E-state index contributed by atoms with van der Waals surface area (Å²) in [5, 5.41) is 4.70. The maximum Gasteiger partial charge on any atom is 0.0722 e. The molecule has 0 saturated heterocycles. The zero-order valence-corrected chi connectivity index (χ0v) is 11.6. The summed E-state index contributed by atoms with van der Waals surface area (Å²) in [5.41, 5.74) is 2.30. The first-order valence-corrected chi connectivity index (χ1v) is 6.26. The van der Waals surface area contributed by atoms with Crippen molar-refractivity contribution in [2.24, 2.45) is 0 Å². The van der Waals surface area contributed by atoms with Gasteiger partial charge in [-0.3, -0.25) is 4.98 Å². The predicted octanol–water partition coefficient (Wildman–Crippen LogP) is 2.99. The molecule has 0 aliphatic carbocycles. The van der Waals surface area contributed by atoms with Crippen LogP contribution in [0.15, 0.2) is 36.5 Å². The lowest BCUT2D eigenvalue weighted by molar-refractivity contribution is 0.210. The van der Waals surface area contributed by atoms with Crippen molar-refractivity contribution in [2.45, 2.75) is 19.4 Å². The first-order valence-electron chi connectivity index (χ1n) is 6.26. The molecule has 1 aromatic carbocycles. The maximum absolute atomic E-state index is 4.37. The predicted molar refractivity (Wildman–Crippen MR) is 78.0 cm³/mol. The van der Waals surface area contributed by atoms with Gasteiger partial charge in [0.15, 0.2) is 0 Å². The highest BCUT2D eigenvalue weighted by molar-refractivity contribution is 5.90. The van der Waals surface area contributed by atoms with Crippen LogP contribution in [0.1, 0.15) is 13.8 Å². The van der Waals surface area contributed by atoms with Crippen LogP contribution in [0, 0.1) is 0 Å². The molecule has 3 heteroatoms. The van der Waals surface area contributed by atoms with E-state index in [0.717, 1.165) is 17.7 Å². The van der Waals surface area contributed by atoms with E-state index in [4.69, 9.17) is 0 Å². The van der Waals surface area contributed by atoms with Crippen LogP contribution in [0.4, 0.5) is 5.69 Å². The summed E-state index contributed by atoms with van der Waals surface area (Å²) in [4.78, 5) is 6.60. The molecule has 0 saturated carbocycles. The second-order valence-corrected chi connectivity index (χ2v) is 5.44. The topological polar surface area (TPSA) is 28.2 Å².